The summed E-state index contributed by atoms with van der Waals surface area (Å²) in [6.07, 6.45) is 1.92. The molecule has 1 aromatic carbocycles. The zero-order valence-electron chi connectivity index (χ0n) is 10.5. The van der Waals surface area contributed by atoms with Gasteiger partial charge in [-0.15, -0.1) is 11.6 Å². The number of rotatable bonds is 4. The third-order valence-electron chi connectivity index (χ3n) is 3.06. The number of halogens is 1. The van der Waals surface area contributed by atoms with E-state index >= 15 is 0 Å². The summed E-state index contributed by atoms with van der Waals surface area (Å²) >= 11 is 5.94. The Morgan fingerprint density at radius 2 is 2.30 bits per heavy atom. The Bertz CT molecular complexity index is 772. The van der Waals surface area contributed by atoms with E-state index in [1.807, 2.05) is 16.7 Å². The van der Waals surface area contributed by atoms with Crippen LogP contribution in [-0.4, -0.2) is 19.7 Å². The Kier molecular flexibility index (Phi) is 3.35. The van der Waals surface area contributed by atoms with Gasteiger partial charge in [0.05, 0.1) is 17.0 Å². The fourth-order valence-corrected chi connectivity index (χ4v) is 2.36. The predicted octanol–water partition coefficient (Wildman–Crippen LogP) is 2.27. The molecule has 0 radical (unpaired) electrons. The number of imidazole rings is 1. The maximum Gasteiger partial charge on any atom is 0.213 e. The summed E-state index contributed by atoms with van der Waals surface area (Å²) in [5.74, 6) is 1.64. The topological polar surface area (TPSA) is 80.5 Å². The van der Waals surface area contributed by atoms with Crippen LogP contribution >= 0.6 is 11.6 Å². The molecule has 0 spiro atoms. The van der Waals surface area contributed by atoms with E-state index in [9.17, 15) is 0 Å². The number of para-hydroxylation sites is 1. The van der Waals surface area contributed by atoms with E-state index in [0.717, 1.165) is 11.3 Å². The number of aromatic nitrogens is 4. The lowest BCUT2D eigenvalue weighted by Gasteiger charge is -2.05. The lowest BCUT2D eigenvalue weighted by molar-refractivity contribution is 0.408. The third-order valence-corrected chi connectivity index (χ3v) is 3.30. The van der Waals surface area contributed by atoms with Crippen molar-refractivity contribution in [3.63, 3.8) is 0 Å². The number of hydrogen-bond acceptors (Lipinski definition) is 5. The summed E-state index contributed by atoms with van der Waals surface area (Å²) in [6.45, 7) is 0.632. The van der Waals surface area contributed by atoms with Crippen molar-refractivity contribution >= 4 is 22.6 Å². The summed E-state index contributed by atoms with van der Waals surface area (Å²) < 4.78 is 6.70. The number of alkyl halides is 1. The Morgan fingerprint density at radius 3 is 3.00 bits per heavy atom. The zero-order valence-corrected chi connectivity index (χ0v) is 11.2. The van der Waals surface area contributed by atoms with E-state index in [2.05, 4.69) is 21.2 Å². The maximum atomic E-state index is 9.12. The van der Waals surface area contributed by atoms with Gasteiger partial charge in [0.25, 0.3) is 0 Å². The quantitative estimate of drug-likeness (QED) is 0.688. The minimum Gasteiger partial charge on any atom is -0.343 e. The first-order valence-corrected chi connectivity index (χ1v) is 6.56. The average molecular weight is 288 g/mol. The van der Waals surface area contributed by atoms with Gasteiger partial charge in [-0.1, -0.05) is 11.2 Å². The van der Waals surface area contributed by atoms with Crippen LogP contribution in [-0.2, 0) is 18.8 Å². The first-order valence-electron chi connectivity index (χ1n) is 6.03. The number of nitrogens with zero attached hydrogens (tertiary/aromatic N) is 5. The van der Waals surface area contributed by atoms with E-state index in [1.54, 1.807) is 6.07 Å². The van der Waals surface area contributed by atoms with Crippen LogP contribution in [0, 0.1) is 11.3 Å². The molecule has 0 saturated heterocycles. The second-order valence-corrected chi connectivity index (χ2v) is 4.46. The molecule has 0 N–H and O–H groups in total. The largest absolute Gasteiger partial charge is 0.343 e. The predicted molar refractivity (Wildman–Crippen MR) is 72.0 cm³/mol. The molecule has 2 aromatic heterocycles. The summed E-state index contributed by atoms with van der Waals surface area (Å²) in [4.78, 5) is 8.43. The van der Waals surface area contributed by atoms with Gasteiger partial charge in [0.15, 0.2) is 5.82 Å². The summed E-state index contributed by atoms with van der Waals surface area (Å²) in [5, 5.41) is 12.9. The Labute approximate surface area is 119 Å². The Morgan fingerprint density at radius 1 is 1.40 bits per heavy atom. The molecule has 0 aliphatic heterocycles. The van der Waals surface area contributed by atoms with E-state index in [0.29, 0.717) is 29.9 Å². The van der Waals surface area contributed by atoms with Crippen LogP contribution in [0.5, 0.6) is 0 Å². The molecule has 0 aliphatic carbocycles. The summed E-state index contributed by atoms with van der Waals surface area (Å²) in [6, 6.07) is 7.66. The molecular weight excluding hydrogens is 278 g/mol. The van der Waals surface area contributed by atoms with Crippen molar-refractivity contribution in [2.45, 2.75) is 18.8 Å². The molecule has 3 aromatic rings. The van der Waals surface area contributed by atoms with Crippen LogP contribution in [0.15, 0.2) is 29.1 Å². The molecule has 20 heavy (non-hydrogen) atoms. The monoisotopic (exact) mass is 287 g/mol. The second-order valence-electron chi connectivity index (χ2n) is 4.20. The molecule has 0 amide bonds. The van der Waals surface area contributed by atoms with Crippen molar-refractivity contribution < 1.29 is 4.52 Å². The van der Waals surface area contributed by atoms with E-state index in [1.165, 1.54) is 6.39 Å². The van der Waals surface area contributed by atoms with Crippen LogP contribution in [0.3, 0.4) is 0 Å². The van der Waals surface area contributed by atoms with Crippen LogP contribution in [0.2, 0.25) is 0 Å². The molecule has 0 atom stereocenters. The van der Waals surface area contributed by atoms with Gasteiger partial charge in [0.2, 0.25) is 6.39 Å². The Hall–Kier alpha value is -2.39. The third kappa shape index (κ3) is 2.12. The number of fused-ring (bicyclic) bond motifs is 1. The zero-order chi connectivity index (χ0) is 13.9. The van der Waals surface area contributed by atoms with Crippen LogP contribution in [0.4, 0.5) is 0 Å². The molecule has 0 unspecified atom stereocenters. The highest BCUT2D eigenvalue weighted by atomic mass is 35.5. The molecule has 7 heteroatoms. The number of hydrogen-bond donors (Lipinski definition) is 0. The second kappa shape index (κ2) is 5.31. The highest BCUT2D eigenvalue weighted by Crippen LogP contribution is 2.21. The van der Waals surface area contributed by atoms with Gasteiger partial charge in [-0.2, -0.15) is 10.2 Å². The van der Waals surface area contributed by atoms with Gasteiger partial charge in [0, 0.05) is 13.0 Å². The minimum absolute atomic E-state index is 0.284. The van der Waals surface area contributed by atoms with Crippen LogP contribution in [0.1, 0.15) is 17.2 Å². The van der Waals surface area contributed by atoms with Gasteiger partial charge in [-0.05, 0) is 12.1 Å². The van der Waals surface area contributed by atoms with Gasteiger partial charge >= 0.3 is 0 Å². The maximum absolute atomic E-state index is 9.12. The number of nitriles is 1. The highest BCUT2D eigenvalue weighted by Gasteiger charge is 2.13. The normalized spacial score (nSPS) is 10.8. The van der Waals surface area contributed by atoms with E-state index in [-0.39, 0.29) is 5.88 Å². The van der Waals surface area contributed by atoms with Crippen molar-refractivity contribution in [3.05, 3.63) is 41.8 Å². The van der Waals surface area contributed by atoms with Crippen molar-refractivity contribution in [2.24, 2.45) is 0 Å². The molecular formula is C13H10ClN5O. The highest BCUT2D eigenvalue weighted by molar-refractivity contribution is 6.16. The first kappa shape index (κ1) is 12.6. The smallest absolute Gasteiger partial charge is 0.213 e. The lowest BCUT2D eigenvalue weighted by Crippen LogP contribution is -2.06. The first-order chi connectivity index (χ1) is 9.83. The molecule has 0 bridgehead atoms. The molecule has 2 heterocycles. The Balaban J connectivity index is 2.02. The van der Waals surface area contributed by atoms with Gasteiger partial charge in [0.1, 0.15) is 17.4 Å². The lowest BCUT2D eigenvalue weighted by atomic mass is 10.2. The molecule has 3 rings (SSSR count). The summed E-state index contributed by atoms with van der Waals surface area (Å²) in [7, 11) is 0. The standard InChI is InChI=1S/C13H10ClN5O/c14-6-12-17-13-9(7-15)2-1-3-10(13)19(12)5-4-11-16-8-20-18-11/h1-3,8H,4-6H2. The van der Waals surface area contributed by atoms with Crippen molar-refractivity contribution in [1.82, 2.24) is 19.7 Å². The van der Waals surface area contributed by atoms with Gasteiger partial charge in [-0.3, -0.25) is 0 Å². The summed E-state index contributed by atoms with van der Waals surface area (Å²) in [5.41, 5.74) is 2.12. The molecule has 100 valence electrons. The van der Waals surface area contributed by atoms with Crippen LogP contribution in [0.25, 0.3) is 11.0 Å². The molecule has 0 aliphatic rings. The molecule has 0 saturated carbocycles. The van der Waals surface area contributed by atoms with Gasteiger partial charge < -0.3 is 9.09 Å². The van der Waals surface area contributed by atoms with E-state index < -0.39 is 0 Å². The van der Waals surface area contributed by atoms with E-state index in [4.69, 9.17) is 21.4 Å². The number of benzene rings is 1. The minimum atomic E-state index is 0.284. The van der Waals surface area contributed by atoms with Crippen molar-refractivity contribution in [2.75, 3.05) is 0 Å². The van der Waals surface area contributed by atoms with Crippen molar-refractivity contribution in [1.29, 1.82) is 5.26 Å². The number of aryl methyl sites for hydroxylation is 2. The fourth-order valence-electron chi connectivity index (χ4n) is 2.15. The average Bonchev–Trinajstić information content (AvgIpc) is 3.11. The SMILES string of the molecule is N#Cc1cccc2c1nc(CCl)n2CCc1ncon1. The molecule has 6 nitrogen and oxygen atoms in total. The van der Waals surface area contributed by atoms with Gasteiger partial charge in [-0.25, -0.2) is 4.98 Å². The molecule has 0 fully saturated rings. The fraction of sp³-hybridized carbons (Fsp3) is 0.231. The van der Waals surface area contributed by atoms with Crippen molar-refractivity contribution in [3.8, 4) is 6.07 Å². The van der Waals surface area contributed by atoms with Crippen LogP contribution < -0.4 is 0 Å².